The van der Waals surface area contributed by atoms with Crippen LogP contribution in [-0.4, -0.2) is 87.5 Å². The number of likely N-dealkylation sites (tertiary alicyclic amines) is 1. The number of methoxy groups -OCH3 is 1. The van der Waals surface area contributed by atoms with Crippen LogP contribution < -0.4 is 16.4 Å². The molecule has 1 unspecified atom stereocenters. The Morgan fingerprint density at radius 3 is 2.77 bits per heavy atom. The van der Waals surface area contributed by atoms with Crippen molar-refractivity contribution >= 4 is 12.2 Å². The van der Waals surface area contributed by atoms with Crippen LogP contribution in [0.15, 0.2) is 52.3 Å². The lowest BCUT2D eigenvalue weighted by Crippen LogP contribution is -2.54. The van der Waals surface area contributed by atoms with Gasteiger partial charge >= 0.3 is 0 Å². The number of allylic oxidation sites excluding steroid dienone is 4. The summed E-state index contributed by atoms with van der Waals surface area (Å²) >= 11 is 0. The highest BCUT2D eigenvalue weighted by Gasteiger charge is 2.32. The van der Waals surface area contributed by atoms with Gasteiger partial charge in [-0.05, 0) is 58.8 Å². The summed E-state index contributed by atoms with van der Waals surface area (Å²) in [4.78, 5) is 19.7. The van der Waals surface area contributed by atoms with E-state index in [2.05, 4.69) is 47.4 Å². The van der Waals surface area contributed by atoms with Gasteiger partial charge in [0, 0.05) is 62.6 Å². The van der Waals surface area contributed by atoms with Gasteiger partial charge in [0.05, 0.1) is 31.3 Å². The van der Waals surface area contributed by atoms with Gasteiger partial charge in [0.2, 0.25) is 0 Å². The Kier molecular flexibility index (Phi) is 11.4. The molecule has 0 aromatic rings. The molecule has 0 aromatic carbocycles. The minimum atomic E-state index is -0.108. The highest BCUT2D eigenvalue weighted by atomic mass is 16.5. The number of ether oxygens (including phenoxy) is 3. The number of carbonyl (C=O) groups excluding carboxylic acids is 1. The second-order valence-electron chi connectivity index (χ2n) is 11.5. The molecule has 5 atom stereocenters. The Morgan fingerprint density at radius 2 is 2.08 bits per heavy atom. The Bertz CT molecular complexity index is 998. The fourth-order valence-corrected chi connectivity index (χ4v) is 6.15. The lowest BCUT2D eigenvalue weighted by Gasteiger charge is -2.38. The van der Waals surface area contributed by atoms with E-state index in [0.29, 0.717) is 55.2 Å². The highest BCUT2D eigenvalue weighted by molar-refractivity contribution is 5.95. The molecule has 3 saturated heterocycles. The first-order chi connectivity index (χ1) is 19.4. The highest BCUT2D eigenvalue weighted by Crippen LogP contribution is 2.30. The molecule has 3 aliphatic heterocycles. The van der Waals surface area contributed by atoms with Crippen LogP contribution in [0.25, 0.3) is 0 Å². The van der Waals surface area contributed by atoms with Gasteiger partial charge in [0.15, 0.2) is 0 Å². The topological polar surface area (TPSA) is 110 Å². The third-order valence-electron chi connectivity index (χ3n) is 8.77. The number of amides is 1. The molecular formula is C31H49N5O4. The number of carbonyl (C=O) groups is 1. The summed E-state index contributed by atoms with van der Waals surface area (Å²) in [6.07, 6.45) is 15.4. The molecule has 222 valence electrons. The smallest absolute Gasteiger partial charge is 0.272 e. The maximum absolute atomic E-state index is 13.5. The molecular weight excluding hydrogens is 506 g/mol. The van der Waals surface area contributed by atoms with Gasteiger partial charge in [0.25, 0.3) is 5.91 Å². The van der Waals surface area contributed by atoms with Crippen LogP contribution in [0.5, 0.6) is 0 Å². The number of hydrogen-bond donors (Lipinski definition) is 3. The summed E-state index contributed by atoms with van der Waals surface area (Å²) in [5.41, 5.74) is 8.72. The van der Waals surface area contributed by atoms with Crippen LogP contribution in [0.4, 0.5) is 0 Å². The number of nitrogens with two attached hydrogens (primary N) is 1. The molecule has 3 heterocycles. The monoisotopic (exact) mass is 555 g/mol. The van der Waals surface area contributed by atoms with Crippen LogP contribution in [0.2, 0.25) is 0 Å². The van der Waals surface area contributed by atoms with Gasteiger partial charge in [-0.15, -0.1) is 0 Å². The van der Waals surface area contributed by atoms with E-state index in [1.54, 1.807) is 7.11 Å². The number of aliphatic imine (C=N–C) groups is 1. The van der Waals surface area contributed by atoms with Gasteiger partial charge in [0.1, 0.15) is 5.70 Å². The molecule has 9 heteroatoms. The molecule has 9 nitrogen and oxygen atoms in total. The zero-order chi connectivity index (χ0) is 28.5. The van der Waals surface area contributed by atoms with E-state index in [-0.39, 0.29) is 30.3 Å². The van der Waals surface area contributed by atoms with Crippen molar-refractivity contribution in [2.45, 2.75) is 89.2 Å². The second kappa shape index (κ2) is 15.0. The van der Waals surface area contributed by atoms with Crippen LogP contribution in [-0.2, 0) is 19.0 Å². The zero-order valence-corrected chi connectivity index (χ0v) is 24.6. The lowest BCUT2D eigenvalue weighted by molar-refractivity contribution is -0.128. The van der Waals surface area contributed by atoms with Crippen molar-refractivity contribution in [1.82, 2.24) is 15.5 Å². The average molecular weight is 556 g/mol. The number of piperidine rings is 1. The van der Waals surface area contributed by atoms with Crippen molar-refractivity contribution in [3.05, 3.63) is 47.3 Å². The first-order valence-electron chi connectivity index (χ1n) is 14.9. The van der Waals surface area contributed by atoms with Crippen molar-refractivity contribution in [2.24, 2.45) is 16.6 Å². The van der Waals surface area contributed by atoms with Crippen molar-refractivity contribution in [3.8, 4) is 0 Å². The summed E-state index contributed by atoms with van der Waals surface area (Å²) in [6, 6.07) is 0.625. The zero-order valence-electron chi connectivity index (χ0n) is 24.6. The van der Waals surface area contributed by atoms with Crippen LogP contribution in [0, 0.1) is 5.92 Å². The van der Waals surface area contributed by atoms with Crippen molar-refractivity contribution in [1.29, 1.82) is 0 Å². The molecule has 4 aliphatic rings. The number of rotatable bonds is 10. The molecule has 0 bridgehead atoms. The Morgan fingerprint density at radius 1 is 1.27 bits per heavy atom. The molecule has 0 spiro atoms. The number of hydrogen-bond acceptors (Lipinski definition) is 7. The Balaban J connectivity index is 1.28. The van der Waals surface area contributed by atoms with E-state index in [1.165, 1.54) is 11.9 Å². The first-order valence-corrected chi connectivity index (χ1v) is 14.9. The summed E-state index contributed by atoms with van der Waals surface area (Å²) < 4.78 is 17.6. The fourth-order valence-electron chi connectivity index (χ4n) is 6.15. The molecule has 3 fully saturated rings. The van der Waals surface area contributed by atoms with Gasteiger partial charge in [-0.3, -0.25) is 4.79 Å². The predicted octanol–water partition coefficient (Wildman–Crippen LogP) is 3.20. The second-order valence-corrected chi connectivity index (χ2v) is 11.5. The van der Waals surface area contributed by atoms with E-state index in [9.17, 15) is 4.79 Å². The van der Waals surface area contributed by atoms with Gasteiger partial charge in [-0.1, -0.05) is 30.4 Å². The van der Waals surface area contributed by atoms with Crippen molar-refractivity contribution in [2.75, 3.05) is 40.0 Å². The van der Waals surface area contributed by atoms with Crippen molar-refractivity contribution in [3.63, 3.8) is 0 Å². The lowest BCUT2D eigenvalue weighted by atomic mass is 9.87. The quantitative estimate of drug-likeness (QED) is 0.164. The number of nitrogens with one attached hydrogen (secondary N) is 2. The molecule has 4 N–H and O–H groups in total. The Labute approximate surface area is 240 Å². The minimum absolute atomic E-state index is 0.0680. The minimum Gasteiger partial charge on any atom is -0.390 e. The molecule has 0 saturated carbocycles. The average Bonchev–Trinajstić information content (AvgIpc) is 2.99. The van der Waals surface area contributed by atoms with Crippen LogP contribution in [0.1, 0.15) is 58.8 Å². The van der Waals surface area contributed by atoms with E-state index in [0.717, 1.165) is 51.6 Å². The van der Waals surface area contributed by atoms with E-state index < -0.39 is 0 Å². The van der Waals surface area contributed by atoms with Crippen molar-refractivity contribution < 1.29 is 19.0 Å². The van der Waals surface area contributed by atoms with Gasteiger partial charge in [-0.25, -0.2) is 4.99 Å². The standard InChI is InChI=1S/C31H49N5O4/c1-21-8-10-24(11-9-21)28-7-5-6-26(40-28)18-33-23(3)22(2)30(34-20-32)31(37)36-15-12-25(13-16-36)35-27-14-17-39-19-29(27)38-4/h8-10,20,24-29,33,35H,3,5-7,11-19H2,1-2,4H3,(H2,32,34)/b30-22-/t24?,26-,27-,28+,29+/m1/s1. The van der Waals surface area contributed by atoms with E-state index >= 15 is 0 Å². The molecule has 1 amide bonds. The molecule has 0 aromatic heterocycles. The molecule has 0 radical (unpaired) electrons. The first kappa shape index (κ1) is 30.5. The SMILES string of the molecule is C=C(NC[C@H]1CCC[C@@H](C2C=CC(C)=CC2)O1)/C(C)=C(\N=C/N)C(=O)N1CCC(N[C@@H]2CCOC[C@@H]2OC)CC1. The van der Waals surface area contributed by atoms with E-state index in [1.807, 2.05) is 11.8 Å². The third-order valence-corrected chi connectivity index (χ3v) is 8.77. The summed E-state index contributed by atoms with van der Waals surface area (Å²) in [7, 11) is 1.73. The normalized spacial score (nSPS) is 30.6. The largest absolute Gasteiger partial charge is 0.390 e. The van der Waals surface area contributed by atoms with Crippen LogP contribution in [0.3, 0.4) is 0 Å². The molecule has 40 heavy (non-hydrogen) atoms. The van der Waals surface area contributed by atoms with E-state index in [4.69, 9.17) is 19.9 Å². The predicted molar refractivity (Wildman–Crippen MR) is 159 cm³/mol. The van der Waals surface area contributed by atoms with Gasteiger partial charge in [-0.2, -0.15) is 0 Å². The molecule has 1 aliphatic carbocycles. The van der Waals surface area contributed by atoms with Gasteiger partial charge < -0.3 is 35.5 Å². The maximum atomic E-state index is 13.5. The summed E-state index contributed by atoms with van der Waals surface area (Å²) in [5, 5.41) is 7.16. The fraction of sp³-hybridized carbons (Fsp3) is 0.677. The maximum Gasteiger partial charge on any atom is 0.272 e. The third kappa shape index (κ3) is 8.06. The van der Waals surface area contributed by atoms with Crippen LogP contribution >= 0.6 is 0 Å². The number of nitrogens with zero attached hydrogens (tertiary/aromatic N) is 2. The molecule has 4 rings (SSSR count). The summed E-state index contributed by atoms with van der Waals surface area (Å²) in [5.74, 6) is 0.333. The summed E-state index contributed by atoms with van der Waals surface area (Å²) in [6.45, 7) is 11.6. The Hall–Kier alpha value is -2.46.